The number of nitrogens with zero attached hydrogens (tertiary/aromatic N) is 1. The summed E-state index contributed by atoms with van der Waals surface area (Å²) in [6, 6.07) is 14.8. The van der Waals surface area contributed by atoms with Crippen LogP contribution < -0.4 is 15.5 Å². The highest BCUT2D eigenvalue weighted by molar-refractivity contribution is 14.1. The van der Waals surface area contributed by atoms with Gasteiger partial charge in [-0.25, -0.2) is 9.82 Å². The lowest BCUT2D eigenvalue weighted by atomic mass is 10.2. The van der Waals surface area contributed by atoms with Gasteiger partial charge in [-0.15, -0.1) is 0 Å². The van der Waals surface area contributed by atoms with Gasteiger partial charge in [-0.2, -0.15) is 5.10 Å². The lowest BCUT2D eigenvalue weighted by Crippen LogP contribution is -2.25. The molecule has 0 aliphatic heterocycles. The van der Waals surface area contributed by atoms with Crippen LogP contribution in [0.4, 0.5) is 10.1 Å². The number of anilines is 1. The molecule has 1 amide bonds. The SMILES string of the molecule is O=C(CNc1ccc(F)cc1)N/N=C\c1cc(I)c(OCc2ccc(Cl)cc2Cl)c(I)c1. The summed E-state index contributed by atoms with van der Waals surface area (Å²) in [6.07, 6.45) is 1.56. The van der Waals surface area contributed by atoms with Crippen LogP contribution in [-0.2, 0) is 11.4 Å². The van der Waals surface area contributed by atoms with E-state index in [9.17, 15) is 9.18 Å². The average Bonchev–Trinajstić information content (AvgIpc) is 2.74. The number of benzene rings is 3. The number of amides is 1. The van der Waals surface area contributed by atoms with Crippen molar-refractivity contribution in [1.29, 1.82) is 0 Å². The molecule has 3 aromatic carbocycles. The number of hydrogen-bond donors (Lipinski definition) is 2. The largest absolute Gasteiger partial charge is 0.487 e. The van der Waals surface area contributed by atoms with Crippen LogP contribution in [0.25, 0.3) is 0 Å². The molecule has 0 aliphatic rings. The van der Waals surface area contributed by atoms with Crippen LogP contribution in [-0.4, -0.2) is 18.7 Å². The van der Waals surface area contributed by atoms with Crippen LogP contribution in [0.15, 0.2) is 59.7 Å². The van der Waals surface area contributed by atoms with E-state index in [-0.39, 0.29) is 18.3 Å². The van der Waals surface area contributed by atoms with Gasteiger partial charge in [-0.3, -0.25) is 4.79 Å². The molecule has 0 aliphatic carbocycles. The Bertz CT molecular complexity index is 1120. The average molecular weight is 698 g/mol. The lowest BCUT2D eigenvalue weighted by Gasteiger charge is -2.12. The monoisotopic (exact) mass is 697 g/mol. The molecular formula is C22H16Cl2FI2N3O2. The van der Waals surface area contributed by atoms with Crippen molar-refractivity contribution >= 4 is 86.2 Å². The third kappa shape index (κ3) is 7.46. The summed E-state index contributed by atoms with van der Waals surface area (Å²) in [5, 5.41) is 8.01. The quantitative estimate of drug-likeness (QED) is 0.161. The Morgan fingerprint density at radius 3 is 2.41 bits per heavy atom. The predicted octanol–water partition coefficient (Wildman–Crippen LogP) is 6.48. The fraction of sp³-hybridized carbons (Fsp3) is 0.0909. The summed E-state index contributed by atoms with van der Waals surface area (Å²) in [6.45, 7) is 0.324. The first-order chi connectivity index (χ1) is 15.3. The van der Waals surface area contributed by atoms with Crippen molar-refractivity contribution < 1.29 is 13.9 Å². The molecule has 10 heteroatoms. The van der Waals surface area contributed by atoms with Gasteiger partial charge in [0.2, 0.25) is 0 Å². The van der Waals surface area contributed by atoms with Crippen molar-refractivity contribution in [3.05, 3.63) is 88.7 Å². The van der Waals surface area contributed by atoms with Gasteiger partial charge >= 0.3 is 0 Å². The van der Waals surface area contributed by atoms with Crippen LogP contribution in [0.2, 0.25) is 10.0 Å². The van der Waals surface area contributed by atoms with Gasteiger partial charge in [0.05, 0.1) is 19.9 Å². The van der Waals surface area contributed by atoms with Gasteiger partial charge < -0.3 is 10.1 Å². The first-order valence-electron chi connectivity index (χ1n) is 9.19. The molecule has 0 fully saturated rings. The third-order valence-corrected chi connectivity index (χ3v) is 6.30. The highest BCUT2D eigenvalue weighted by atomic mass is 127. The van der Waals surface area contributed by atoms with E-state index in [2.05, 4.69) is 61.0 Å². The minimum atomic E-state index is -0.334. The minimum absolute atomic E-state index is 0.0120. The first kappa shape index (κ1) is 25.0. The molecule has 32 heavy (non-hydrogen) atoms. The van der Waals surface area contributed by atoms with E-state index >= 15 is 0 Å². The summed E-state index contributed by atoms with van der Waals surface area (Å²) < 4.78 is 20.7. The number of ether oxygens (including phenoxy) is 1. The van der Waals surface area contributed by atoms with Crippen molar-refractivity contribution in [3.63, 3.8) is 0 Å². The Kier molecular flexibility index (Phi) is 9.38. The predicted molar refractivity (Wildman–Crippen MR) is 143 cm³/mol. The molecule has 0 radical (unpaired) electrons. The van der Waals surface area contributed by atoms with E-state index in [0.29, 0.717) is 22.3 Å². The van der Waals surface area contributed by atoms with Gasteiger partial charge in [0, 0.05) is 21.3 Å². The molecule has 3 rings (SSSR count). The Balaban J connectivity index is 1.55. The Hall–Kier alpha value is -1.63. The Labute approximate surface area is 222 Å². The van der Waals surface area contributed by atoms with Gasteiger partial charge in [0.15, 0.2) is 0 Å². The minimum Gasteiger partial charge on any atom is -0.487 e. The highest BCUT2D eigenvalue weighted by Gasteiger charge is 2.10. The topological polar surface area (TPSA) is 62.7 Å². The molecule has 0 saturated carbocycles. The zero-order chi connectivity index (χ0) is 23.1. The molecule has 3 aromatic rings. The molecule has 0 aromatic heterocycles. The molecule has 0 bridgehead atoms. The van der Waals surface area contributed by atoms with Crippen LogP contribution in [0.5, 0.6) is 5.75 Å². The van der Waals surface area contributed by atoms with Crippen molar-refractivity contribution in [2.45, 2.75) is 6.61 Å². The summed E-state index contributed by atoms with van der Waals surface area (Å²) in [7, 11) is 0. The zero-order valence-electron chi connectivity index (χ0n) is 16.3. The highest BCUT2D eigenvalue weighted by Crippen LogP contribution is 2.30. The summed E-state index contributed by atoms with van der Waals surface area (Å²) >= 11 is 16.5. The number of hydrazone groups is 1. The number of rotatable bonds is 8. The number of nitrogens with one attached hydrogen (secondary N) is 2. The molecule has 0 unspecified atom stereocenters. The van der Waals surface area contributed by atoms with E-state index < -0.39 is 0 Å². The molecule has 166 valence electrons. The molecule has 0 saturated heterocycles. The van der Waals surface area contributed by atoms with Crippen molar-refractivity contribution in [2.24, 2.45) is 5.10 Å². The van der Waals surface area contributed by atoms with E-state index in [4.69, 9.17) is 27.9 Å². The van der Waals surface area contributed by atoms with Gasteiger partial charge in [0.25, 0.3) is 5.91 Å². The van der Waals surface area contributed by atoms with E-state index in [1.54, 1.807) is 30.5 Å². The van der Waals surface area contributed by atoms with E-state index in [0.717, 1.165) is 24.0 Å². The first-order valence-corrected chi connectivity index (χ1v) is 12.1. The van der Waals surface area contributed by atoms with Crippen molar-refractivity contribution in [2.75, 3.05) is 11.9 Å². The molecule has 0 spiro atoms. The zero-order valence-corrected chi connectivity index (χ0v) is 22.2. The molecule has 0 heterocycles. The Morgan fingerprint density at radius 1 is 1.06 bits per heavy atom. The van der Waals surface area contributed by atoms with Crippen molar-refractivity contribution in [1.82, 2.24) is 5.43 Å². The molecule has 5 nitrogen and oxygen atoms in total. The number of carbonyl (C=O) groups is 1. The van der Waals surface area contributed by atoms with Crippen molar-refractivity contribution in [3.8, 4) is 5.75 Å². The lowest BCUT2D eigenvalue weighted by molar-refractivity contribution is -0.119. The van der Waals surface area contributed by atoms with E-state index in [1.165, 1.54) is 12.1 Å². The fourth-order valence-electron chi connectivity index (χ4n) is 2.55. The van der Waals surface area contributed by atoms with Crippen LogP contribution >= 0.6 is 68.4 Å². The maximum Gasteiger partial charge on any atom is 0.259 e. The maximum atomic E-state index is 12.9. The summed E-state index contributed by atoms with van der Waals surface area (Å²) in [4.78, 5) is 11.9. The van der Waals surface area contributed by atoms with Gasteiger partial charge in [0.1, 0.15) is 18.2 Å². The standard InChI is InChI=1S/C22H16Cl2FI2N3O2/c23-15-2-1-14(18(24)9-15)12-32-22-19(26)7-13(8-20(22)27)10-29-30-21(31)11-28-17-5-3-16(25)4-6-17/h1-10,28H,11-12H2,(H,30,31)/b29-10-. The normalized spacial score (nSPS) is 10.9. The van der Waals surface area contributed by atoms with Crippen LogP contribution in [0, 0.1) is 13.0 Å². The maximum absolute atomic E-state index is 12.9. The van der Waals surface area contributed by atoms with Gasteiger partial charge in [-0.05, 0) is 99.3 Å². The molecular weight excluding hydrogens is 682 g/mol. The smallest absolute Gasteiger partial charge is 0.259 e. The van der Waals surface area contributed by atoms with Crippen LogP contribution in [0.1, 0.15) is 11.1 Å². The Morgan fingerprint density at radius 2 is 1.75 bits per heavy atom. The second-order valence-electron chi connectivity index (χ2n) is 6.49. The molecule has 0 atom stereocenters. The third-order valence-electron chi connectivity index (χ3n) is 4.11. The second kappa shape index (κ2) is 12.0. The fourth-order valence-corrected chi connectivity index (χ4v) is 5.14. The number of halogens is 5. The number of hydrogen-bond acceptors (Lipinski definition) is 4. The summed E-state index contributed by atoms with van der Waals surface area (Å²) in [5.74, 6) is 0.0794. The van der Waals surface area contributed by atoms with Crippen LogP contribution in [0.3, 0.4) is 0 Å². The van der Waals surface area contributed by atoms with Gasteiger partial charge in [-0.1, -0.05) is 29.3 Å². The second-order valence-corrected chi connectivity index (χ2v) is 9.66. The van der Waals surface area contributed by atoms with E-state index in [1.807, 2.05) is 18.2 Å². The number of carbonyl (C=O) groups excluding carboxylic acids is 1. The molecule has 2 N–H and O–H groups in total. The summed E-state index contributed by atoms with van der Waals surface area (Å²) in [5.41, 5.74) is 4.75.